The van der Waals surface area contributed by atoms with Crippen LogP contribution in [0, 0.1) is 0 Å². The van der Waals surface area contributed by atoms with E-state index in [4.69, 9.17) is 14.3 Å². The van der Waals surface area contributed by atoms with Gasteiger partial charge >= 0.3 is 11.6 Å². The van der Waals surface area contributed by atoms with E-state index in [1.807, 2.05) is 6.07 Å². The molecular weight excluding hydrogens is 368 g/mol. The van der Waals surface area contributed by atoms with E-state index in [0.29, 0.717) is 11.3 Å². The second kappa shape index (κ2) is 8.12. The molecule has 1 aromatic heterocycles. The van der Waals surface area contributed by atoms with E-state index < -0.39 is 30.4 Å². The number of ether oxygens (including phenoxy) is 1. The minimum Gasteiger partial charge on any atom is -0.481 e. The zero-order chi connectivity index (χ0) is 20.3. The average molecular weight is 388 g/mol. The number of rotatable bonds is 7. The maximum atomic E-state index is 12.1. The summed E-state index contributed by atoms with van der Waals surface area (Å²) in [6, 6.07) is 5.07. The van der Waals surface area contributed by atoms with Crippen LogP contribution in [0.15, 0.2) is 27.4 Å². The second-order valence-corrected chi connectivity index (χ2v) is 6.51. The Morgan fingerprint density at radius 3 is 2.68 bits per heavy atom. The monoisotopic (exact) mass is 388 g/mol. The highest BCUT2D eigenvalue weighted by molar-refractivity contribution is 5.88. The first-order valence-electron chi connectivity index (χ1n) is 8.86. The molecule has 3 N–H and O–H groups in total. The Labute approximate surface area is 159 Å². The fourth-order valence-electron chi connectivity index (χ4n) is 3.14. The van der Waals surface area contributed by atoms with Gasteiger partial charge in [-0.1, -0.05) is 0 Å². The number of hydrogen-bond acceptors (Lipinski definition) is 6. The summed E-state index contributed by atoms with van der Waals surface area (Å²) in [6.45, 7) is 0.624. The molecule has 0 saturated carbocycles. The molecule has 1 aromatic carbocycles. The van der Waals surface area contributed by atoms with Gasteiger partial charge in [0.15, 0.2) is 6.10 Å². The van der Waals surface area contributed by atoms with Crippen molar-refractivity contribution >= 4 is 28.8 Å². The van der Waals surface area contributed by atoms with Gasteiger partial charge in [-0.15, -0.1) is 0 Å². The van der Waals surface area contributed by atoms with Crippen molar-refractivity contribution in [2.45, 2.75) is 32.3 Å². The van der Waals surface area contributed by atoms with E-state index in [9.17, 15) is 19.2 Å². The summed E-state index contributed by atoms with van der Waals surface area (Å²) < 4.78 is 10.9. The molecular formula is C19H20N2O7. The van der Waals surface area contributed by atoms with Crippen LogP contribution in [0.3, 0.4) is 0 Å². The molecule has 0 aliphatic heterocycles. The number of carboxylic acids is 1. The lowest BCUT2D eigenvalue weighted by molar-refractivity contribution is -0.137. The maximum Gasteiger partial charge on any atom is 0.339 e. The van der Waals surface area contributed by atoms with Crippen LogP contribution in [0.2, 0.25) is 0 Å². The van der Waals surface area contributed by atoms with E-state index >= 15 is 0 Å². The molecule has 1 atom stereocenters. The molecule has 9 nitrogen and oxygen atoms in total. The van der Waals surface area contributed by atoms with Crippen LogP contribution in [0.25, 0.3) is 11.0 Å². The largest absolute Gasteiger partial charge is 0.481 e. The van der Waals surface area contributed by atoms with Crippen LogP contribution < -0.4 is 21.0 Å². The summed E-state index contributed by atoms with van der Waals surface area (Å²) >= 11 is 0. The minimum absolute atomic E-state index is 0.338. The van der Waals surface area contributed by atoms with Gasteiger partial charge < -0.3 is 24.9 Å². The number of hydrogen-bond donors (Lipinski definition) is 3. The average Bonchev–Trinajstić information content (AvgIpc) is 3.15. The van der Waals surface area contributed by atoms with Crippen molar-refractivity contribution in [3.63, 3.8) is 0 Å². The third-order valence-electron chi connectivity index (χ3n) is 4.49. The second-order valence-electron chi connectivity index (χ2n) is 6.51. The van der Waals surface area contributed by atoms with Gasteiger partial charge in [-0.25, -0.2) is 4.79 Å². The number of aliphatic carboxylic acids is 1. The van der Waals surface area contributed by atoms with E-state index in [1.54, 1.807) is 12.1 Å². The van der Waals surface area contributed by atoms with Gasteiger partial charge in [0, 0.05) is 17.0 Å². The Bertz CT molecular complexity index is 996. The van der Waals surface area contributed by atoms with Gasteiger partial charge in [-0.2, -0.15) is 0 Å². The first-order valence-corrected chi connectivity index (χ1v) is 8.86. The highest BCUT2D eigenvalue weighted by Crippen LogP contribution is 2.29. The van der Waals surface area contributed by atoms with Gasteiger partial charge in [-0.3, -0.25) is 14.4 Å². The number of nitrogens with one attached hydrogen (secondary N) is 2. The first kappa shape index (κ1) is 19.4. The summed E-state index contributed by atoms with van der Waals surface area (Å²) in [5.74, 6) is -1.98. The zero-order valence-electron chi connectivity index (χ0n) is 15.2. The van der Waals surface area contributed by atoms with Crippen molar-refractivity contribution in [1.82, 2.24) is 10.6 Å². The normalized spacial score (nSPS) is 13.6. The Morgan fingerprint density at radius 1 is 1.18 bits per heavy atom. The van der Waals surface area contributed by atoms with Gasteiger partial charge in [0.05, 0.1) is 6.54 Å². The quantitative estimate of drug-likeness (QED) is 0.583. The van der Waals surface area contributed by atoms with Crippen molar-refractivity contribution in [1.29, 1.82) is 0 Å². The van der Waals surface area contributed by atoms with Crippen LogP contribution in [0.5, 0.6) is 5.75 Å². The molecule has 0 spiro atoms. The van der Waals surface area contributed by atoms with Crippen LogP contribution in [-0.2, 0) is 27.2 Å². The van der Waals surface area contributed by atoms with Gasteiger partial charge in [0.25, 0.3) is 5.91 Å². The lowest BCUT2D eigenvalue weighted by atomic mass is 10.1. The maximum absolute atomic E-state index is 12.1. The summed E-state index contributed by atoms with van der Waals surface area (Å²) in [4.78, 5) is 45.9. The molecule has 1 heterocycles. The predicted octanol–water partition coefficient (Wildman–Crippen LogP) is 0.366. The Hall–Kier alpha value is -3.36. The van der Waals surface area contributed by atoms with Crippen LogP contribution in [0.4, 0.5) is 0 Å². The molecule has 0 unspecified atom stereocenters. The predicted molar refractivity (Wildman–Crippen MR) is 98.3 cm³/mol. The minimum atomic E-state index is -1.18. The van der Waals surface area contributed by atoms with Crippen molar-refractivity contribution in [2.75, 3.05) is 13.1 Å². The lowest BCUT2D eigenvalue weighted by Gasteiger charge is -2.15. The van der Waals surface area contributed by atoms with Gasteiger partial charge in [0.1, 0.15) is 17.9 Å². The van der Waals surface area contributed by atoms with Crippen LogP contribution in [-0.4, -0.2) is 42.1 Å². The smallest absolute Gasteiger partial charge is 0.339 e. The molecule has 0 bridgehead atoms. The molecule has 0 radical (unpaired) electrons. The summed E-state index contributed by atoms with van der Waals surface area (Å²) in [5, 5.41) is 13.9. The Morgan fingerprint density at radius 2 is 1.93 bits per heavy atom. The van der Waals surface area contributed by atoms with Crippen molar-refractivity contribution < 1.29 is 28.6 Å². The molecule has 1 aliphatic rings. The van der Waals surface area contributed by atoms with E-state index in [0.717, 1.165) is 35.8 Å². The number of carboxylic acid groups (broad SMARTS) is 1. The first-order chi connectivity index (χ1) is 13.3. The van der Waals surface area contributed by atoms with Crippen LogP contribution in [0.1, 0.15) is 24.5 Å². The SMILES string of the molecule is C[C@@H](Oc1ccc2c3c(c(=O)oc2c1)CCC3)C(=O)NCC(=O)NCC(=O)O. The number of benzene rings is 1. The molecule has 0 fully saturated rings. The molecule has 3 rings (SSSR count). The number of amides is 2. The highest BCUT2D eigenvalue weighted by atomic mass is 16.5. The Balaban J connectivity index is 1.63. The van der Waals surface area contributed by atoms with E-state index in [-0.39, 0.29) is 12.2 Å². The molecule has 0 saturated heterocycles. The molecule has 1 aliphatic carbocycles. The lowest BCUT2D eigenvalue weighted by Crippen LogP contribution is -2.43. The third-order valence-corrected chi connectivity index (χ3v) is 4.49. The van der Waals surface area contributed by atoms with Crippen molar-refractivity contribution in [2.24, 2.45) is 0 Å². The van der Waals surface area contributed by atoms with Crippen LogP contribution >= 0.6 is 0 Å². The van der Waals surface area contributed by atoms with E-state index in [1.165, 1.54) is 6.92 Å². The van der Waals surface area contributed by atoms with Crippen molar-refractivity contribution in [3.8, 4) is 5.75 Å². The standard InChI is InChI=1S/C19H20N2O7/c1-10(18(25)21-8-16(22)20-9-17(23)24)27-11-5-6-13-12-3-2-4-14(12)19(26)28-15(13)7-11/h5-7,10H,2-4,8-9H2,1H3,(H,20,22)(H,21,25)(H,23,24)/t10-/m1/s1. The topological polar surface area (TPSA) is 135 Å². The number of carbonyl (C=O) groups excluding carboxylic acids is 2. The highest BCUT2D eigenvalue weighted by Gasteiger charge is 2.21. The number of fused-ring (bicyclic) bond motifs is 3. The molecule has 2 aromatic rings. The number of carbonyl (C=O) groups is 3. The van der Waals surface area contributed by atoms with E-state index in [2.05, 4.69) is 10.6 Å². The molecule has 148 valence electrons. The zero-order valence-corrected chi connectivity index (χ0v) is 15.2. The number of aryl methyl sites for hydroxylation is 1. The summed E-state index contributed by atoms with van der Waals surface area (Å²) in [6.07, 6.45) is 1.57. The van der Waals surface area contributed by atoms with Crippen molar-refractivity contribution in [3.05, 3.63) is 39.7 Å². The fourth-order valence-corrected chi connectivity index (χ4v) is 3.14. The summed E-state index contributed by atoms with van der Waals surface area (Å²) in [7, 11) is 0. The van der Waals surface area contributed by atoms with Gasteiger partial charge in [-0.05, 0) is 43.9 Å². The fraction of sp³-hybridized carbons (Fsp3) is 0.368. The summed E-state index contributed by atoms with van der Waals surface area (Å²) in [5.41, 5.74) is 1.81. The third kappa shape index (κ3) is 4.30. The molecule has 2 amide bonds. The molecule has 9 heteroatoms. The Kier molecular flexibility index (Phi) is 5.62. The van der Waals surface area contributed by atoms with Gasteiger partial charge in [0.2, 0.25) is 5.91 Å². The molecule has 28 heavy (non-hydrogen) atoms.